The lowest BCUT2D eigenvalue weighted by Gasteiger charge is -2.08. The molecule has 2 nitrogen and oxygen atoms in total. The van der Waals surface area contributed by atoms with Crippen LogP contribution in [0.4, 0.5) is 0 Å². The van der Waals surface area contributed by atoms with Crippen LogP contribution in [0.15, 0.2) is 66.9 Å². The van der Waals surface area contributed by atoms with Crippen LogP contribution >= 0.6 is 0 Å². The second-order valence-corrected chi connectivity index (χ2v) is 5.25. The van der Waals surface area contributed by atoms with Gasteiger partial charge in [0.05, 0.1) is 16.7 Å². The van der Waals surface area contributed by atoms with Gasteiger partial charge in [-0.15, -0.1) is 0 Å². The fraction of sp³-hybridized carbons (Fsp3) is 0.0526. The third-order valence-electron chi connectivity index (χ3n) is 3.82. The molecule has 0 radical (unpaired) electrons. The Morgan fingerprint density at radius 1 is 0.762 bits per heavy atom. The molecule has 0 spiro atoms. The van der Waals surface area contributed by atoms with Crippen LogP contribution in [-0.4, -0.2) is 9.97 Å². The second-order valence-electron chi connectivity index (χ2n) is 5.25. The lowest BCUT2D eigenvalue weighted by Crippen LogP contribution is -1.90. The standard InChI is InChI=1S/C19H14N2/c1-13-11-19-15(6-4-10-20-19)12-16(13)18-9-8-14-5-2-3-7-17(14)21-18/h2-12H,1H3. The van der Waals surface area contributed by atoms with Crippen molar-refractivity contribution in [2.75, 3.05) is 0 Å². The summed E-state index contributed by atoms with van der Waals surface area (Å²) in [4.78, 5) is 9.20. The number of hydrogen-bond acceptors (Lipinski definition) is 2. The first-order valence-electron chi connectivity index (χ1n) is 7.03. The fourth-order valence-electron chi connectivity index (χ4n) is 2.72. The van der Waals surface area contributed by atoms with Crippen molar-refractivity contribution >= 4 is 21.8 Å². The Balaban J connectivity index is 1.96. The van der Waals surface area contributed by atoms with Gasteiger partial charge in [-0.3, -0.25) is 4.98 Å². The van der Waals surface area contributed by atoms with Gasteiger partial charge in [-0.05, 0) is 42.8 Å². The van der Waals surface area contributed by atoms with Crippen LogP contribution < -0.4 is 0 Å². The van der Waals surface area contributed by atoms with Gasteiger partial charge in [-0.2, -0.15) is 0 Å². The number of para-hydroxylation sites is 1. The minimum Gasteiger partial charge on any atom is -0.256 e. The number of benzene rings is 2. The smallest absolute Gasteiger partial charge is 0.0712 e. The summed E-state index contributed by atoms with van der Waals surface area (Å²) in [6.07, 6.45) is 1.83. The molecule has 2 heteroatoms. The van der Waals surface area contributed by atoms with Crippen molar-refractivity contribution in [3.05, 3.63) is 72.4 Å². The molecule has 4 rings (SSSR count). The van der Waals surface area contributed by atoms with Crippen molar-refractivity contribution in [1.82, 2.24) is 9.97 Å². The lowest BCUT2D eigenvalue weighted by molar-refractivity contribution is 1.35. The first-order valence-corrected chi connectivity index (χ1v) is 7.03. The van der Waals surface area contributed by atoms with Gasteiger partial charge in [-0.1, -0.05) is 30.3 Å². The van der Waals surface area contributed by atoms with E-state index < -0.39 is 0 Å². The molecule has 0 N–H and O–H groups in total. The van der Waals surface area contributed by atoms with Crippen LogP contribution in [0, 0.1) is 6.92 Å². The van der Waals surface area contributed by atoms with E-state index >= 15 is 0 Å². The predicted molar refractivity (Wildman–Crippen MR) is 87.2 cm³/mol. The Hall–Kier alpha value is -2.74. The zero-order valence-corrected chi connectivity index (χ0v) is 11.7. The van der Waals surface area contributed by atoms with E-state index in [2.05, 4.69) is 54.4 Å². The van der Waals surface area contributed by atoms with Crippen LogP contribution in [0.5, 0.6) is 0 Å². The van der Waals surface area contributed by atoms with E-state index in [1.807, 2.05) is 24.4 Å². The van der Waals surface area contributed by atoms with Crippen LogP contribution in [0.3, 0.4) is 0 Å². The number of hydrogen-bond donors (Lipinski definition) is 0. The maximum atomic E-state index is 4.79. The van der Waals surface area contributed by atoms with E-state index in [4.69, 9.17) is 4.98 Å². The molecular formula is C19H14N2. The Kier molecular flexibility index (Phi) is 2.68. The van der Waals surface area contributed by atoms with E-state index in [-0.39, 0.29) is 0 Å². The normalized spacial score (nSPS) is 11.1. The molecule has 2 aromatic carbocycles. The molecule has 0 atom stereocenters. The molecule has 0 saturated carbocycles. The van der Waals surface area contributed by atoms with E-state index in [1.165, 1.54) is 16.5 Å². The summed E-state index contributed by atoms with van der Waals surface area (Å²) in [5.41, 5.74) is 5.43. The Morgan fingerprint density at radius 3 is 2.57 bits per heavy atom. The van der Waals surface area contributed by atoms with Crippen molar-refractivity contribution in [1.29, 1.82) is 0 Å². The van der Waals surface area contributed by atoms with E-state index in [0.717, 1.165) is 22.1 Å². The molecule has 0 unspecified atom stereocenters. The largest absolute Gasteiger partial charge is 0.256 e. The minimum absolute atomic E-state index is 1.01. The highest BCUT2D eigenvalue weighted by Gasteiger charge is 2.07. The average molecular weight is 270 g/mol. The first-order chi connectivity index (χ1) is 10.3. The highest BCUT2D eigenvalue weighted by molar-refractivity contribution is 5.87. The average Bonchev–Trinajstić information content (AvgIpc) is 2.54. The Morgan fingerprint density at radius 2 is 1.62 bits per heavy atom. The molecule has 0 bridgehead atoms. The monoisotopic (exact) mass is 270 g/mol. The van der Waals surface area contributed by atoms with Crippen molar-refractivity contribution in [2.45, 2.75) is 6.92 Å². The van der Waals surface area contributed by atoms with E-state index in [0.29, 0.717) is 0 Å². The number of rotatable bonds is 1. The topological polar surface area (TPSA) is 25.8 Å². The third kappa shape index (κ3) is 2.05. The van der Waals surface area contributed by atoms with Gasteiger partial charge in [0.1, 0.15) is 0 Å². The molecule has 0 saturated heterocycles. The minimum atomic E-state index is 1.01. The molecule has 0 aliphatic heterocycles. The molecule has 2 heterocycles. The van der Waals surface area contributed by atoms with Gasteiger partial charge >= 0.3 is 0 Å². The zero-order chi connectivity index (χ0) is 14.2. The van der Waals surface area contributed by atoms with Gasteiger partial charge in [0.15, 0.2) is 0 Å². The molecule has 0 aliphatic rings. The van der Waals surface area contributed by atoms with Gasteiger partial charge < -0.3 is 0 Å². The number of pyridine rings is 2. The van der Waals surface area contributed by atoms with Gasteiger partial charge in [0.25, 0.3) is 0 Å². The van der Waals surface area contributed by atoms with Crippen molar-refractivity contribution in [3.63, 3.8) is 0 Å². The maximum Gasteiger partial charge on any atom is 0.0712 e. The fourth-order valence-corrected chi connectivity index (χ4v) is 2.72. The first kappa shape index (κ1) is 12.0. The number of aryl methyl sites for hydroxylation is 1. The zero-order valence-electron chi connectivity index (χ0n) is 11.7. The van der Waals surface area contributed by atoms with Gasteiger partial charge in [0.2, 0.25) is 0 Å². The maximum absolute atomic E-state index is 4.79. The predicted octanol–water partition coefficient (Wildman–Crippen LogP) is 4.76. The molecule has 0 amide bonds. The number of aromatic nitrogens is 2. The van der Waals surface area contributed by atoms with Crippen molar-refractivity contribution in [2.24, 2.45) is 0 Å². The highest BCUT2D eigenvalue weighted by Crippen LogP contribution is 2.27. The van der Waals surface area contributed by atoms with Crippen LogP contribution in [-0.2, 0) is 0 Å². The summed E-state index contributed by atoms with van der Waals surface area (Å²) in [5.74, 6) is 0. The SMILES string of the molecule is Cc1cc2ncccc2cc1-c1ccc2ccccc2n1. The van der Waals surface area contributed by atoms with E-state index in [1.54, 1.807) is 0 Å². The quantitative estimate of drug-likeness (QED) is 0.498. The summed E-state index contributed by atoms with van der Waals surface area (Å²) < 4.78 is 0. The Labute approximate surface area is 123 Å². The number of nitrogens with zero attached hydrogens (tertiary/aromatic N) is 2. The molecule has 2 aromatic heterocycles. The molecule has 0 fully saturated rings. The van der Waals surface area contributed by atoms with Crippen molar-refractivity contribution in [3.8, 4) is 11.3 Å². The molecule has 4 aromatic rings. The molecule has 0 aliphatic carbocycles. The second kappa shape index (κ2) is 4.67. The summed E-state index contributed by atoms with van der Waals surface area (Å²) >= 11 is 0. The van der Waals surface area contributed by atoms with Crippen LogP contribution in [0.1, 0.15) is 5.56 Å². The summed E-state index contributed by atoms with van der Waals surface area (Å²) in [5, 5.41) is 2.31. The number of fused-ring (bicyclic) bond motifs is 2. The summed E-state index contributed by atoms with van der Waals surface area (Å²) in [6, 6.07) is 20.8. The molecular weight excluding hydrogens is 256 g/mol. The lowest BCUT2D eigenvalue weighted by atomic mass is 10.0. The van der Waals surface area contributed by atoms with Gasteiger partial charge in [0, 0.05) is 22.5 Å². The van der Waals surface area contributed by atoms with Gasteiger partial charge in [-0.25, -0.2) is 4.98 Å². The summed E-state index contributed by atoms with van der Waals surface area (Å²) in [7, 11) is 0. The molecule has 21 heavy (non-hydrogen) atoms. The Bertz CT molecular complexity index is 958. The summed E-state index contributed by atoms with van der Waals surface area (Å²) in [6.45, 7) is 2.11. The third-order valence-corrected chi connectivity index (χ3v) is 3.82. The van der Waals surface area contributed by atoms with Crippen molar-refractivity contribution < 1.29 is 0 Å². The van der Waals surface area contributed by atoms with E-state index in [9.17, 15) is 0 Å². The van der Waals surface area contributed by atoms with Crippen LogP contribution in [0.2, 0.25) is 0 Å². The molecule has 100 valence electrons. The van der Waals surface area contributed by atoms with Crippen LogP contribution in [0.25, 0.3) is 33.1 Å². The highest BCUT2D eigenvalue weighted by atomic mass is 14.7.